The Kier molecular flexibility index (Phi) is 26.1. The molecule has 2 N–H and O–H groups in total. The monoisotopic (exact) mass is 438 g/mol. The van der Waals surface area contributed by atoms with Crippen molar-refractivity contribution in [3.8, 4) is 0 Å². The smallest absolute Gasteiger partial charge is 0.0167 e. The molecular formula is C29H62N2. The number of nitrogens with two attached hydrogens (primary N) is 1. The quantitative estimate of drug-likeness (QED) is 0.136. The zero-order valence-corrected chi connectivity index (χ0v) is 22.3. The average Bonchev–Trinajstić information content (AvgIpc) is 2.77. The van der Waals surface area contributed by atoms with Gasteiger partial charge in [0.05, 0.1) is 0 Å². The fourth-order valence-electron chi connectivity index (χ4n) is 4.67. The van der Waals surface area contributed by atoms with Crippen LogP contribution in [0.15, 0.2) is 0 Å². The molecule has 2 nitrogen and oxygen atoms in total. The average molecular weight is 439 g/mol. The van der Waals surface area contributed by atoms with Gasteiger partial charge in [0.25, 0.3) is 0 Å². The maximum atomic E-state index is 6.57. The molecule has 0 aliphatic rings. The number of rotatable bonds is 26. The van der Waals surface area contributed by atoms with Crippen molar-refractivity contribution in [2.75, 3.05) is 19.6 Å². The van der Waals surface area contributed by atoms with Gasteiger partial charge < -0.3 is 10.6 Å². The predicted octanol–water partition coefficient (Wildman–Crippen LogP) is 9.26. The first-order valence-corrected chi connectivity index (χ1v) is 14.7. The molecule has 0 aromatic rings. The molecule has 0 saturated carbocycles. The zero-order valence-electron chi connectivity index (χ0n) is 22.3. The first-order chi connectivity index (χ1) is 15.2. The summed E-state index contributed by atoms with van der Waals surface area (Å²) in [6.45, 7) is 10.6. The number of hydrogen-bond acceptors (Lipinski definition) is 2. The van der Waals surface area contributed by atoms with Gasteiger partial charge in [-0.3, -0.25) is 0 Å². The molecule has 1 unspecified atom stereocenters. The largest absolute Gasteiger partial charge is 0.327 e. The van der Waals surface area contributed by atoms with Gasteiger partial charge in [-0.05, 0) is 32.4 Å². The molecule has 0 saturated heterocycles. The van der Waals surface area contributed by atoms with Gasteiger partial charge in [0.1, 0.15) is 0 Å². The van der Waals surface area contributed by atoms with Crippen molar-refractivity contribution in [1.29, 1.82) is 0 Å². The third-order valence-electron chi connectivity index (χ3n) is 6.83. The minimum atomic E-state index is 0.379. The van der Waals surface area contributed by atoms with Gasteiger partial charge in [-0.25, -0.2) is 0 Å². The summed E-state index contributed by atoms with van der Waals surface area (Å²) >= 11 is 0. The van der Waals surface area contributed by atoms with Crippen LogP contribution < -0.4 is 5.73 Å². The normalized spacial score (nSPS) is 12.7. The van der Waals surface area contributed by atoms with E-state index in [1.165, 1.54) is 154 Å². The fraction of sp³-hybridized carbons (Fsp3) is 1.00. The first kappa shape index (κ1) is 30.9. The summed E-state index contributed by atoms with van der Waals surface area (Å²) in [5.74, 6) is 0. The Hall–Kier alpha value is -0.0800. The molecule has 0 aromatic heterocycles. The standard InChI is InChI=1S/C29H62N2/c1-4-7-10-13-16-19-22-25-29(30)28-31(26-23-20-17-14-11-8-5-2)27-24-21-18-15-12-9-6-3/h29H,4-28,30H2,1-3H3. The second kappa shape index (κ2) is 26.2. The molecule has 0 aromatic carbocycles. The summed E-state index contributed by atoms with van der Waals surface area (Å²) in [6, 6.07) is 0.379. The maximum absolute atomic E-state index is 6.57. The molecule has 188 valence electrons. The zero-order chi connectivity index (χ0) is 22.8. The molecule has 31 heavy (non-hydrogen) atoms. The summed E-state index contributed by atoms with van der Waals surface area (Å²) in [7, 11) is 0. The van der Waals surface area contributed by atoms with Crippen molar-refractivity contribution in [2.45, 2.75) is 168 Å². The Labute approximate surface area is 198 Å². The lowest BCUT2D eigenvalue weighted by atomic mass is 10.0. The van der Waals surface area contributed by atoms with Gasteiger partial charge >= 0.3 is 0 Å². The van der Waals surface area contributed by atoms with Crippen LogP contribution in [0.1, 0.15) is 162 Å². The highest BCUT2D eigenvalue weighted by Crippen LogP contribution is 2.13. The third kappa shape index (κ3) is 24.4. The van der Waals surface area contributed by atoms with E-state index in [0.29, 0.717) is 6.04 Å². The first-order valence-electron chi connectivity index (χ1n) is 14.7. The van der Waals surface area contributed by atoms with E-state index in [2.05, 4.69) is 25.7 Å². The number of unbranched alkanes of at least 4 members (excludes halogenated alkanes) is 18. The second-order valence-electron chi connectivity index (χ2n) is 10.2. The van der Waals surface area contributed by atoms with E-state index in [0.717, 1.165) is 6.54 Å². The van der Waals surface area contributed by atoms with Gasteiger partial charge in [-0.1, -0.05) is 143 Å². The van der Waals surface area contributed by atoms with E-state index in [1.807, 2.05) is 0 Å². The highest BCUT2D eigenvalue weighted by molar-refractivity contribution is 4.69. The van der Waals surface area contributed by atoms with E-state index in [9.17, 15) is 0 Å². The van der Waals surface area contributed by atoms with Crippen molar-refractivity contribution in [1.82, 2.24) is 4.90 Å². The number of hydrogen-bond donors (Lipinski definition) is 1. The molecular weight excluding hydrogens is 376 g/mol. The van der Waals surface area contributed by atoms with Crippen LogP contribution in [0.4, 0.5) is 0 Å². The molecule has 0 radical (unpaired) electrons. The topological polar surface area (TPSA) is 29.3 Å². The molecule has 0 rings (SSSR count). The van der Waals surface area contributed by atoms with Crippen LogP contribution in [0.3, 0.4) is 0 Å². The van der Waals surface area contributed by atoms with Crippen LogP contribution in [0, 0.1) is 0 Å². The van der Waals surface area contributed by atoms with E-state index >= 15 is 0 Å². The molecule has 0 spiro atoms. The Morgan fingerprint density at radius 3 is 1.16 bits per heavy atom. The van der Waals surface area contributed by atoms with Crippen molar-refractivity contribution >= 4 is 0 Å². The molecule has 2 heteroatoms. The van der Waals surface area contributed by atoms with E-state index < -0.39 is 0 Å². The molecule has 0 bridgehead atoms. The SMILES string of the molecule is CCCCCCCCCC(N)CN(CCCCCCCCC)CCCCCCCCC. The summed E-state index contributed by atoms with van der Waals surface area (Å²) in [6.07, 6.45) is 30.6. The predicted molar refractivity (Wildman–Crippen MR) is 143 cm³/mol. The van der Waals surface area contributed by atoms with E-state index in [1.54, 1.807) is 0 Å². The van der Waals surface area contributed by atoms with Crippen LogP contribution in [-0.2, 0) is 0 Å². The van der Waals surface area contributed by atoms with Crippen LogP contribution in [-0.4, -0.2) is 30.6 Å². The fourth-order valence-corrected chi connectivity index (χ4v) is 4.67. The molecule has 1 atom stereocenters. The van der Waals surface area contributed by atoms with Gasteiger partial charge in [-0.2, -0.15) is 0 Å². The summed E-state index contributed by atoms with van der Waals surface area (Å²) in [5, 5.41) is 0. The molecule has 0 fully saturated rings. The Morgan fingerprint density at radius 2 is 0.774 bits per heavy atom. The lowest BCUT2D eigenvalue weighted by Gasteiger charge is -2.26. The lowest BCUT2D eigenvalue weighted by Crippen LogP contribution is -2.38. The minimum absolute atomic E-state index is 0.379. The number of nitrogens with zero attached hydrogens (tertiary/aromatic N) is 1. The van der Waals surface area contributed by atoms with Gasteiger partial charge in [-0.15, -0.1) is 0 Å². The highest BCUT2D eigenvalue weighted by Gasteiger charge is 2.10. The molecule has 0 aliphatic carbocycles. The molecule has 0 aliphatic heterocycles. The van der Waals surface area contributed by atoms with Crippen LogP contribution in [0.2, 0.25) is 0 Å². The second-order valence-corrected chi connectivity index (χ2v) is 10.2. The van der Waals surface area contributed by atoms with Crippen molar-refractivity contribution < 1.29 is 0 Å². The van der Waals surface area contributed by atoms with Crippen LogP contribution in [0.25, 0.3) is 0 Å². The Morgan fingerprint density at radius 1 is 0.452 bits per heavy atom. The Bertz CT molecular complexity index is 300. The van der Waals surface area contributed by atoms with Crippen molar-refractivity contribution in [2.24, 2.45) is 5.73 Å². The van der Waals surface area contributed by atoms with Gasteiger partial charge in [0, 0.05) is 12.6 Å². The molecule has 0 amide bonds. The van der Waals surface area contributed by atoms with Crippen LogP contribution >= 0.6 is 0 Å². The lowest BCUT2D eigenvalue weighted by molar-refractivity contribution is 0.239. The summed E-state index contributed by atoms with van der Waals surface area (Å²) in [4.78, 5) is 2.71. The summed E-state index contributed by atoms with van der Waals surface area (Å²) in [5.41, 5.74) is 6.57. The molecule has 0 heterocycles. The maximum Gasteiger partial charge on any atom is 0.0167 e. The van der Waals surface area contributed by atoms with E-state index in [4.69, 9.17) is 5.73 Å². The van der Waals surface area contributed by atoms with Crippen molar-refractivity contribution in [3.05, 3.63) is 0 Å². The highest BCUT2D eigenvalue weighted by atomic mass is 15.1. The summed E-state index contributed by atoms with van der Waals surface area (Å²) < 4.78 is 0. The van der Waals surface area contributed by atoms with Crippen molar-refractivity contribution in [3.63, 3.8) is 0 Å². The van der Waals surface area contributed by atoms with Gasteiger partial charge in [0.2, 0.25) is 0 Å². The van der Waals surface area contributed by atoms with E-state index in [-0.39, 0.29) is 0 Å². The minimum Gasteiger partial charge on any atom is -0.327 e. The van der Waals surface area contributed by atoms with Gasteiger partial charge in [0.15, 0.2) is 0 Å². The Balaban J connectivity index is 3.99. The van der Waals surface area contributed by atoms with Crippen LogP contribution in [0.5, 0.6) is 0 Å². The third-order valence-corrected chi connectivity index (χ3v) is 6.83.